The van der Waals surface area contributed by atoms with Crippen LogP contribution in [0.1, 0.15) is 10.4 Å². The zero-order valence-corrected chi connectivity index (χ0v) is 9.09. The third-order valence-corrected chi connectivity index (χ3v) is 2.27. The largest absolute Gasteiger partial charge is 0.457 e. The summed E-state index contributed by atoms with van der Waals surface area (Å²) in [6, 6.07) is 14.1. The summed E-state index contributed by atoms with van der Waals surface area (Å²) in [7, 11) is 0. The Kier molecular flexibility index (Phi) is 2.96. The molecule has 2 aromatic carbocycles. The molecule has 0 aliphatic rings. The summed E-state index contributed by atoms with van der Waals surface area (Å²) in [6.07, 6.45) is 0. The first-order valence-electron chi connectivity index (χ1n) is 5.09. The highest BCUT2D eigenvalue weighted by Gasteiger charge is 2.07. The number of rotatable bonds is 3. The zero-order valence-electron chi connectivity index (χ0n) is 9.09. The van der Waals surface area contributed by atoms with Gasteiger partial charge in [0.1, 0.15) is 11.5 Å². The minimum absolute atomic E-state index is 0.262. The molecule has 0 fully saturated rings. The summed E-state index contributed by atoms with van der Waals surface area (Å²) >= 11 is 0. The van der Waals surface area contributed by atoms with Gasteiger partial charge in [0.15, 0.2) is 0 Å². The molecule has 0 bridgehead atoms. The van der Waals surface area contributed by atoms with E-state index in [0.29, 0.717) is 17.2 Å². The number of amides is 1. The number of ether oxygens (including phenoxy) is 1. The molecule has 4 nitrogen and oxygen atoms in total. The first kappa shape index (κ1) is 11.0. The van der Waals surface area contributed by atoms with Gasteiger partial charge in [0.2, 0.25) is 0 Å². The summed E-state index contributed by atoms with van der Waals surface area (Å²) in [5.74, 6) is 0.646. The quantitative estimate of drug-likeness (QED) is 0.790. The number of carbonyl (C=O) groups excluding carboxylic acids is 1. The molecule has 0 aliphatic carbocycles. The second kappa shape index (κ2) is 4.57. The van der Waals surface area contributed by atoms with Crippen molar-refractivity contribution < 1.29 is 9.53 Å². The molecule has 0 unspecified atom stereocenters. The standard InChI is InChI=1S/C13H12N2O2/c14-12-7-6-10(8-11(12)13(15)16)17-9-4-2-1-3-5-9/h1-8H,14H2,(H2,15,16). The second-order valence-corrected chi connectivity index (χ2v) is 3.53. The lowest BCUT2D eigenvalue weighted by atomic mass is 10.1. The van der Waals surface area contributed by atoms with Crippen LogP contribution in [0.25, 0.3) is 0 Å². The van der Waals surface area contributed by atoms with Crippen molar-refractivity contribution in [2.24, 2.45) is 5.73 Å². The van der Waals surface area contributed by atoms with Crippen molar-refractivity contribution in [3.8, 4) is 11.5 Å². The highest BCUT2D eigenvalue weighted by molar-refractivity contribution is 5.98. The zero-order chi connectivity index (χ0) is 12.3. The van der Waals surface area contributed by atoms with Gasteiger partial charge in [-0.15, -0.1) is 0 Å². The predicted molar refractivity (Wildman–Crippen MR) is 65.9 cm³/mol. The lowest BCUT2D eigenvalue weighted by Crippen LogP contribution is -2.13. The fourth-order valence-corrected chi connectivity index (χ4v) is 1.44. The molecule has 0 aromatic heterocycles. The molecular formula is C13H12N2O2. The van der Waals surface area contributed by atoms with E-state index in [2.05, 4.69) is 0 Å². The average Bonchev–Trinajstić information content (AvgIpc) is 2.32. The van der Waals surface area contributed by atoms with Gasteiger partial charge in [-0.3, -0.25) is 4.79 Å². The van der Waals surface area contributed by atoms with Crippen LogP contribution in [0, 0.1) is 0 Å². The number of para-hydroxylation sites is 1. The van der Waals surface area contributed by atoms with Crippen LogP contribution in [0.5, 0.6) is 11.5 Å². The van der Waals surface area contributed by atoms with Crippen LogP contribution in [0.3, 0.4) is 0 Å². The molecular weight excluding hydrogens is 216 g/mol. The normalized spacial score (nSPS) is 9.88. The maximum atomic E-state index is 11.1. The molecule has 1 amide bonds. The van der Waals surface area contributed by atoms with E-state index in [1.165, 1.54) is 6.07 Å². The van der Waals surface area contributed by atoms with E-state index < -0.39 is 5.91 Å². The summed E-state index contributed by atoms with van der Waals surface area (Å²) in [5.41, 5.74) is 11.4. The van der Waals surface area contributed by atoms with E-state index in [1.54, 1.807) is 12.1 Å². The summed E-state index contributed by atoms with van der Waals surface area (Å²) in [6.45, 7) is 0. The molecule has 2 rings (SSSR count). The van der Waals surface area contributed by atoms with Crippen molar-refractivity contribution in [3.63, 3.8) is 0 Å². The van der Waals surface area contributed by atoms with Crippen molar-refractivity contribution in [1.82, 2.24) is 0 Å². The third-order valence-electron chi connectivity index (χ3n) is 2.27. The average molecular weight is 228 g/mol. The Balaban J connectivity index is 2.29. The summed E-state index contributed by atoms with van der Waals surface area (Å²) < 4.78 is 5.56. The number of anilines is 1. The van der Waals surface area contributed by atoms with Gasteiger partial charge in [-0.1, -0.05) is 18.2 Å². The Morgan fingerprint density at radius 3 is 2.35 bits per heavy atom. The monoisotopic (exact) mass is 228 g/mol. The first-order valence-corrected chi connectivity index (χ1v) is 5.09. The lowest BCUT2D eigenvalue weighted by Gasteiger charge is -2.07. The number of nitrogens with two attached hydrogens (primary N) is 2. The second-order valence-electron chi connectivity index (χ2n) is 3.53. The molecule has 0 spiro atoms. The van der Waals surface area contributed by atoms with Gasteiger partial charge in [-0.2, -0.15) is 0 Å². The van der Waals surface area contributed by atoms with Crippen LogP contribution < -0.4 is 16.2 Å². The van der Waals surface area contributed by atoms with Crippen molar-refractivity contribution in [1.29, 1.82) is 0 Å². The SMILES string of the molecule is NC(=O)c1cc(Oc2ccccc2)ccc1N. The molecule has 0 saturated carbocycles. The van der Waals surface area contributed by atoms with Crippen molar-refractivity contribution in [2.75, 3.05) is 5.73 Å². The number of benzene rings is 2. The van der Waals surface area contributed by atoms with E-state index >= 15 is 0 Å². The Bertz CT molecular complexity index is 538. The van der Waals surface area contributed by atoms with E-state index in [0.717, 1.165) is 0 Å². The number of hydrogen-bond acceptors (Lipinski definition) is 3. The summed E-state index contributed by atoms with van der Waals surface area (Å²) in [5, 5.41) is 0. The third kappa shape index (κ3) is 2.55. The van der Waals surface area contributed by atoms with Crippen molar-refractivity contribution >= 4 is 11.6 Å². The van der Waals surface area contributed by atoms with Crippen LogP contribution in [-0.2, 0) is 0 Å². The summed E-state index contributed by atoms with van der Waals surface area (Å²) in [4.78, 5) is 11.1. The van der Waals surface area contributed by atoms with E-state index in [4.69, 9.17) is 16.2 Å². The molecule has 0 radical (unpaired) electrons. The number of hydrogen-bond donors (Lipinski definition) is 2. The molecule has 0 atom stereocenters. The molecule has 86 valence electrons. The van der Waals surface area contributed by atoms with Crippen LogP contribution in [0.4, 0.5) is 5.69 Å². The van der Waals surface area contributed by atoms with Gasteiger partial charge in [0.05, 0.1) is 5.56 Å². The van der Waals surface area contributed by atoms with Crippen LogP contribution >= 0.6 is 0 Å². The topological polar surface area (TPSA) is 78.3 Å². The smallest absolute Gasteiger partial charge is 0.250 e. The molecule has 2 aromatic rings. The van der Waals surface area contributed by atoms with E-state index in [-0.39, 0.29) is 5.56 Å². The molecule has 0 saturated heterocycles. The van der Waals surface area contributed by atoms with Gasteiger partial charge < -0.3 is 16.2 Å². The number of nitrogen functional groups attached to an aromatic ring is 1. The fourth-order valence-electron chi connectivity index (χ4n) is 1.44. The molecule has 17 heavy (non-hydrogen) atoms. The number of primary amides is 1. The van der Waals surface area contributed by atoms with Crippen LogP contribution in [0.2, 0.25) is 0 Å². The van der Waals surface area contributed by atoms with Crippen molar-refractivity contribution in [2.45, 2.75) is 0 Å². The Hall–Kier alpha value is -2.49. The van der Waals surface area contributed by atoms with Gasteiger partial charge in [-0.05, 0) is 30.3 Å². The van der Waals surface area contributed by atoms with Gasteiger partial charge >= 0.3 is 0 Å². The van der Waals surface area contributed by atoms with E-state index in [1.807, 2.05) is 30.3 Å². The molecule has 4 N–H and O–H groups in total. The van der Waals surface area contributed by atoms with Crippen LogP contribution in [0.15, 0.2) is 48.5 Å². The fraction of sp³-hybridized carbons (Fsp3) is 0. The maximum absolute atomic E-state index is 11.1. The highest BCUT2D eigenvalue weighted by Crippen LogP contribution is 2.24. The maximum Gasteiger partial charge on any atom is 0.250 e. The highest BCUT2D eigenvalue weighted by atomic mass is 16.5. The minimum atomic E-state index is -0.569. The predicted octanol–water partition coefficient (Wildman–Crippen LogP) is 2.16. The Morgan fingerprint density at radius 1 is 1.00 bits per heavy atom. The number of carbonyl (C=O) groups is 1. The minimum Gasteiger partial charge on any atom is -0.457 e. The Morgan fingerprint density at radius 2 is 1.71 bits per heavy atom. The van der Waals surface area contributed by atoms with Crippen LogP contribution in [-0.4, -0.2) is 5.91 Å². The molecule has 0 aliphatic heterocycles. The first-order chi connectivity index (χ1) is 8.16. The molecule has 4 heteroatoms. The molecule has 0 heterocycles. The van der Waals surface area contributed by atoms with Gasteiger partial charge in [0.25, 0.3) is 5.91 Å². The van der Waals surface area contributed by atoms with Gasteiger partial charge in [0, 0.05) is 5.69 Å². The van der Waals surface area contributed by atoms with Gasteiger partial charge in [-0.25, -0.2) is 0 Å². The lowest BCUT2D eigenvalue weighted by molar-refractivity contribution is 0.100. The van der Waals surface area contributed by atoms with E-state index in [9.17, 15) is 4.79 Å². The van der Waals surface area contributed by atoms with Crippen molar-refractivity contribution in [3.05, 3.63) is 54.1 Å². The Labute approximate surface area is 98.8 Å².